The number of hydrogen-bond acceptors (Lipinski definition) is 3. The molecule has 1 saturated heterocycles. The maximum atomic E-state index is 8.33. The van der Waals surface area contributed by atoms with Gasteiger partial charge in [-0.1, -0.05) is 20.3 Å². The first-order valence-electron chi connectivity index (χ1n) is 6.08. The molecule has 0 aromatic heterocycles. The molecule has 0 aliphatic carbocycles. The molecule has 0 aromatic rings. The van der Waals surface area contributed by atoms with Gasteiger partial charge in [-0.2, -0.15) is 0 Å². The number of aliphatic hydroxyl groups is 1. The SMILES string of the molecule is CCC(C)CO.CCOC1CCCCO1. The topological polar surface area (TPSA) is 38.7 Å². The molecule has 0 aromatic carbocycles. The van der Waals surface area contributed by atoms with E-state index in [0.717, 1.165) is 26.1 Å². The largest absolute Gasteiger partial charge is 0.396 e. The molecule has 3 heteroatoms. The molecule has 3 nitrogen and oxygen atoms in total. The molecule has 0 radical (unpaired) electrons. The van der Waals surface area contributed by atoms with E-state index in [-0.39, 0.29) is 6.29 Å². The molecule has 1 N–H and O–H groups in total. The van der Waals surface area contributed by atoms with Gasteiger partial charge in [0.15, 0.2) is 6.29 Å². The third-order valence-electron chi connectivity index (χ3n) is 2.50. The van der Waals surface area contributed by atoms with E-state index < -0.39 is 0 Å². The van der Waals surface area contributed by atoms with Gasteiger partial charge in [-0.05, 0) is 32.1 Å². The molecule has 0 saturated carbocycles. The van der Waals surface area contributed by atoms with Crippen molar-refractivity contribution in [1.82, 2.24) is 0 Å². The van der Waals surface area contributed by atoms with E-state index in [1.54, 1.807) is 0 Å². The Kier molecular flexibility index (Phi) is 10.3. The quantitative estimate of drug-likeness (QED) is 0.788. The van der Waals surface area contributed by atoms with Crippen molar-refractivity contribution in [3.8, 4) is 0 Å². The molecular formula is C12H26O3. The zero-order valence-electron chi connectivity index (χ0n) is 10.4. The minimum Gasteiger partial charge on any atom is -0.396 e. The number of ether oxygens (including phenoxy) is 2. The summed E-state index contributed by atoms with van der Waals surface area (Å²) in [6.45, 7) is 8.07. The predicted molar refractivity (Wildman–Crippen MR) is 61.8 cm³/mol. The van der Waals surface area contributed by atoms with Crippen LogP contribution in [0, 0.1) is 5.92 Å². The van der Waals surface area contributed by atoms with E-state index >= 15 is 0 Å². The highest BCUT2D eigenvalue weighted by molar-refractivity contribution is 4.52. The van der Waals surface area contributed by atoms with Gasteiger partial charge in [0.25, 0.3) is 0 Å². The van der Waals surface area contributed by atoms with Crippen molar-refractivity contribution in [3.05, 3.63) is 0 Å². The highest BCUT2D eigenvalue weighted by Crippen LogP contribution is 2.12. The third-order valence-corrected chi connectivity index (χ3v) is 2.50. The van der Waals surface area contributed by atoms with Gasteiger partial charge in [-0.25, -0.2) is 0 Å². The summed E-state index contributed by atoms with van der Waals surface area (Å²) < 4.78 is 10.6. The number of rotatable bonds is 4. The predicted octanol–water partition coefficient (Wildman–Crippen LogP) is 2.57. The van der Waals surface area contributed by atoms with Crippen molar-refractivity contribution in [2.75, 3.05) is 19.8 Å². The van der Waals surface area contributed by atoms with E-state index in [1.807, 2.05) is 13.8 Å². The van der Waals surface area contributed by atoms with Gasteiger partial charge in [-0.15, -0.1) is 0 Å². The van der Waals surface area contributed by atoms with E-state index in [9.17, 15) is 0 Å². The molecule has 0 amide bonds. The lowest BCUT2D eigenvalue weighted by Crippen LogP contribution is -2.21. The molecular weight excluding hydrogens is 192 g/mol. The van der Waals surface area contributed by atoms with Crippen LogP contribution in [0.5, 0.6) is 0 Å². The van der Waals surface area contributed by atoms with Crippen molar-refractivity contribution in [2.24, 2.45) is 5.92 Å². The third kappa shape index (κ3) is 8.85. The highest BCUT2D eigenvalue weighted by Gasteiger charge is 2.11. The monoisotopic (exact) mass is 218 g/mol. The van der Waals surface area contributed by atoms with Crippen molar-refractivity contribution in [1.29, 1.82) is 0 Å². The molecule has 0 bridgehead atoms. The summed E-state index contributed by atoms with van der Waals surface area (Å²) in [5.41, 5.74) is 0. The van der Waals surface area contributed by atoms with Gasteiger partial charge >= 0.3 is 0 Å². The fraction of sp³-hybridized carbons (Fsp3) is 1.00. The lowest BCUT2D eigenvalue weighted by atomic mass is 10.1. The Morgan fingerprint density at radius 3 is 2.47 bits per heavy atom. The zero-order chi connectivity index (χ0) is 11.5. The maximum absolute atomic E-state index is 8.33. The van der Waals surface area contributed by atoms with Crippen LogP contribution >= 0.6 is 0 Å². The standard InChI is InChI=1S/C7H14O2.C5H12O/c1-2-8-7-5-3-4-6-9-7;1-3-5(2)4-6/h7H,2-6H2,1H3;5-6H,3-4H2,1-2H3. The van der Waals surface area contributed by atoms with Crippen molar-refractivity contribution >= 4 is 0 Å². The van der Waals surface area contributed by atoms with Crippen molar-refractivity contribution in [3.63, 3.8) is 0 Å². The Balaban J connectivity index is 0.000000288. The average molecular weight is 218 g/mol. The summed E-state index contributed by atoms with van der Waals surface area (Å²) in [5.74, 6) is 0.491. The molecule has 1 fully saturated rings. The Labute approximate surface area is 93.8 Å². The van der Waals surface area contributed by atoms with Gasteiger partial charge in [0.1, 0.15) is 0 Å². The van der Waals surface area contributed by atoms with Gasteiger partial charge < -0.3 is 14.6 Å². The molecule has 2 atom stereocenters. The lowest BCUT2D eigenvalue weighted by molar-refractivity contribution is -0.159. The maximum Gasteiger partial charge on any atom is 0.157 e. The van der Waals surface area contributed by atoms with Crippen LogP contribution in [-0.2, 0) is 9.47 Å². The van der Waals surface area contributed by atoms with Crippen LogP contribution in [0.1, 0.15) is 46.5 Å². The Bertz CT molecular complexity index is 115. The van der Waals surface area contributed by atoms with Gasteiger partial charge in [0.05, 0.1) is 0 Å². The minimum atomic E-state index is 0.101. The molecule has 1 heterocycles. The van der Waals surface area contributed by atoms with Crippen LogP contribution in [0.2, 0.25) is 0 Å². The van der Waals surface area contributed by atoms with Crippen LogP contribution in [0.4, 0.5) is 0 Å². The summed E-state index contributed by atoms with van der Waals surface area (Å²) in [4.78, 5) is 0. The van der Waals surface area contributed by atoms with Gasteiger partial charge in [-0.3, -0.25) is 0 Å². The number of hydrogen-bond donors (Lipinski definition) is 1. The van der Waals surface area contributed by atoms with Crippen LogP contribution in [-0.4, -0.2) is 31.2 Å². The highest BCUT2D eigenvalue weighted by atomic mass is 16.7. The summed E-state index contributed by atoms with van der Waals surface area (Å²) in [6, 6.07) is 0. The summed E-state index contributed by atoms with van der Waals surface area (Å²) >= 11 is 0. The summed E-state index contributed by atoms with van der Waals surface area (Å²) in [7, 11) is 0. The van der Waals surface area contributed by atoms with E-state index in [0.29, 0.717) is 12.5 Å². The first-order chi connectivity index (χ1) is 7.24. The summed E-state index contributed by atoms with van der Waals surface area (Å²) in [5, 5.41) is 8.33. The fourth-order valence-corrected chi connectivity index (χ4v) is 1.16. The smallest absolute Gasteiger partial charge is 0.157 e. The van der Waals surface area contributed by atoms with E-state index in [1.165, 1.54) is 12.8 Å². The van der Waals surface area contributed by atoms with Crippen molar-refractivity contribution < 1.29 is 14.6 Å². The van der Waals surface area contributed by atoms with Gasteiger partial charge in [0, 0.05) is 19.8 Å². The van der Waals surface area contributed by atoms with Crippen LogP contribution < -0.4 is 0 Å². The van der Waals surface area contributed by atoms with Gasteiger partial charge in [0.2, 0.25) is 0 Å². The van der Waals surface area contributed by atoms with Crippen LogP contribution in [0.3, 0.4) is 0 Å². The zero-order valence-corrected chi connectivity index (χ0v) is 10.4. The molecule has 1 rings (SSSR count). The van der Waals surface area contributed by atoms with E-state index in [2.05, 4.69) is 6.92 Å². The first kappa shape index (κ1) is 14.9. The average Bonchev–Trinajstić information content (AvgIpc) is 2.31. The van der Waals surface area contributed by atoms with E-state index in [4.69, 9.17) is 14.6 Å². The van der Waals surface area contributed by atoms with Crippen molar-refractivity contribution in [2.45, 2.75) is 52.7 Å². The Morgan fingerprint density at radius 2 is 2.13 bits per heavy atom. The Morgan fingerprint density at radius 1 is 1.40 bits per heavy atom. The molecule has 92 valence electrons. The first-order valence-corrected chi connectivity index (χ1v) is 6.08. The second-order valence-corrected chi connectivity index (χ2v) is 3.95. The summed E-state index contributed by atoms with van der Waals surface area (Å²) in [6.07, 6.45) is 4.71. The van der Waals surface area contributed by atoms with Crippen LogP contribution in [0.25, 0.3) is 0 Å². The molecule has 0 spiro atoms. The fourth-order valence-electron chi connectivity index (χ4n) is 1.16. The number of aliphatic hydroxyl groups excluding tert-OH is 1. The molecule has 15 heavy (non-hydrogen) atoms. The minimum absolute atomic E-state index is 0.101. The Hall–Kier alpha value is -0.120. The normalized spacial score (nSPS) is 22.8. The second kappa shape index (κ2) is 10.4. The second-order valence-electron chi connectivity index (χ2n) is 3.95. The van der Waals surface area contributed by atoms with Crippen LogP contribution in [0.15, 0.2) is 0 Å². The molecule has 1 aliphatic rings. The molecule has 2 unspecified atom stereocenters. The molecule has 1 aliphatic heterocycles. The lowest BCUT2D eigenvalue weighted by Gasteiger charge is -2.21.